The van der Waals surface area contributed by atoms with E-state index in [1.807, 2.05) is 54.3 Å². The molecule has 1 aliphatic heterocycles. The summed E-state index contributed by atoms with van der Waals surface area (Å²) in [5, 5.41) is 4.14. The van der Waals surface area contributed by atoms with Crippen molar-refractivity contribution >= 4 is 5.91 Å². The van der Waals surface area contributed by atoms with Gasteiger partial charge in [0.05, 0.1) is 0 Å². The number of carbonyl (C=O) groups excluding carboxylic acids is 1. The summed E-state index contributed by atoms with van der Waals surface area (Å²) in [5.74, 6) is 1.57. The first-order valence-corrected chi connectivity index (χ1v) is 9.33. The van der Waals surface area contributed by atoms with Crippen LogP contribution in [0.2, 0.25) is 0 Å². The van der Waals surface area contributed by atoms with Crippen molar-refractivity contribution in [1.82, 2.24) is 15.0 Å². The Morgan fingerprint density at radius 1 is 1.15 bits per heavy atom. The van der Waals surface area contributed by atoms with Gasteiger partial charge < -0.3 is 9.42 Å². The Kier molecular flexibility index (Phi) is 4.75. The highest BCUT2D eigenvalue weighted by Gasteiger charge is 2.34. The zero-order valence-corrected chi connectivity index (χ0v) is 15.6. The molecule has 0 spiro atoms. The van der Waals surface area contributed by atoms with Crippen LogP contribution in [-0.4, -0.2) is 34.0 Å². The maximum Gasteiger partial charge on any atom is 0.257 e. The lowest BCUT2D eigenvalue weighted by Crippen LogP contribution is -2.29. The van der Waals surface area contributed by atoms with Crippen LogP contribution in [0.25, 0.3) is 11.5 Å². The van der Waals surface area contributed by atoms with Crippen LogP contribution in [0.15, 0.2) is 59.1 Å². The Morgan fingerprint density at radius 3 is 2.63 bits per heavy atom. The zero-order valence-electron chi connectivity index (χ0n) is 15.6. The van der Waals surface area contributed by atoms with E-state index in [4.69, 9.17) is 4.52 Å². The molecule has 2 unspecified atom stereocenters. The number of aromatic nitrogens is 2. The number of rotatable bonds is 5. The fourth-order valence-corrected chi connectivity index (χ4v) is 3.55. The van der Waals surface area contributed by atoms with Gasteiger partial charge in [-0.1, -0.05) is 60.1 Å². The van der Waals surface area contributed by atoms with Crippen molar-refractivity contribution in [3.8, 4) is 11.5 Å². The minimum atomic E-state index is -0.0107. The number of hydrogen-bond acceptors (Lipinski definition) is 4. The second-order valence-corrected chi connectivity index (χ2v) is 7.34. The number of amides is 1. The predicted octanol–water partition coefficient (Wildman–Crippen LogP) is 4.16. The number of hydrogen-bond donors (Lipinski definition) is 0. The number of benzene rings is 2. The van der Waals surface area contributed by atoms with Crippen LogP contribution in [0.1, 0.15) is 42.1 Å². The van der Waals surface area contributed by atoms with Crippen LogP contribution < -0.4 is 0 Å². The van der Waals surface area contributed by atoms with Gasteiger partial charge in [-0.3, -0.25) is 4.79 Å². The van der Waals surface area contributed by atoms with Gasteiger partial charge in [-0.15, -0.1) is 0 Å². The molecular formula is C22H23N3O2. The van der Waals surface area contributed by atoms with Gasteiger partial charge in [-0.05, 0) is 30.5 Å². The van der Waals surface area contributed by atoms with Gasteiger partial charge in [0.25, 0.3) is 5.89 Å². The number of aryl methyl sites for hydroxylation is 1. The van der Waals surface area contributed by atoms with E-state index in [1.165, 1.54) is 11.1 Å². The average Bonchev–Trinajstić information content (AvgIpc) is 3.30. The Balaban J connectivity index is 1.44. The molecule has 1 saturated heterocycles. The molecule has 2 heterocycles. The van der Waals surface area contributed by atoms with Crippen LogP contribution in [0.3, 0.4) is 0 Å². The molecule has 0 aliphatic carbocycles. The largest absolute Gasteiger partial charge is 0.341 e. The van der Waals surface area contributed by atoms with Crippen LogP contribution in [0.5, 0.6) is 0 Å². The summed E-state index contributed by atoms with van der Waals surface area (Å²) in [5.41, 5.74) is 3.33. The van der Waals surface area contributed by atoms with Gasteiger partial charge in [0.1, 0.15) is 0 Å². The van der Waals surface area contributed by atoms with Crippen LogP contribution >= 0.6 is 0 Å². The van der Waals surface area contributed by atoms with Gasteiger partial charge in [0.15, 0.2) is 5.82 Å². The predicted molar refractivity (Wildman–Crippen MR) is 103 cm³/mol. The Hall–Kier alpha value is -2.95. The quantitative estimate of drug-likeness (QED) is 0.684. The average molecular weight is 361 g/mol. The number of likely N-dealkylation sites (tertiary alicyclic amines) is 1. The van der Waals surface area contributed by atoms with Gasteiger partial charge in [0, 0.05) is 31.0 Å². The Morgan fingerprint density at radius 2 is 1.89 bits per heavy atom. The lowest BCUT2D eigenvalue weighted by atomic mass is 10.0. The molecule has 0 bridgehead atoms. The molecule has 0 N–H and O–H groups in total. The topological polar surface area (TPSA) is 59.2 Å². The minimum absolute atomic E-state index is 0.0107. The molecule has 5 nitrogen and oxygen atoms in total. The molecule has 2 atom stereocenters. The van der Waals surface area contributed by atoms with Crippen LogP contribution in [0, 0.1) is 6.92 Å². The third-order valence-electron chi connectivity index (χ3n) is 5.18. The Bertz CT molecular complexity index is 918. The lowest BCUT2D eigenvalue weighted by molar-refractivity contribution is -0.127. The summed E-state index contributed by atoms with van der Waals surface area (Å²) in [6, 6.07) is 18.3. The molecule has 138 valence electrons. The maximum absolute atomic E-state index is 12.5. The van der Waals surface area contributed by atoms with E-state index in [-0.39, 0.29) is 11.8 Å². The van der Waals surface area contributed by atoms with E-state index in [1.54, 1.807) is 0 Å². The lowest BCUT2D eigenvalue weighted by Gasteiger charge is -2.21. The third kappa shape index (κ3) is 3.77. The summed E-state index contributed by atoms with van der Waals surface area (Å²) in [6.07, 6.45) is 0.439. The number of nitrogens with zero attached hydrogens (tertiary/aromatic N) is 3. The molecule has 1 aliphatic rings. The van der Waals surface area contributed by atoms with Gasteiger partial charge >= 0.3 is 0 Å². The standard InChI is InChI=1S/C22H23N3O2/c1-15-8-10-18(11-9-15)22-23-21(24-27-22)19-12-20(26)25(14-19)13-16(2)17-6-4-3-5-7-17/h3-11,16,19H,12-14H2,1-2H3. The van der Waals surface area contributed by atoms with Crippen molar-refractivity contribution in [3.63, 3.8) is 0 Å². The van der Waals surface area contributed by atoms with Crippen molar-refractivity contribution in [1.29, 1.82) is 0 Å². The van der Waals surface area contributed by atoms with Gasteiger partial charge in [0.2, 0.25) is 5.91 Å². The second kappa shape index (κ2) is 7.35. The van der Waals surface area contributed by atoms with Crippen LogP contribution in [-0.2, 0) is 4.79 Å². The molecule has 4 rings (SSSR count). The SMILES string of the molecule is Cc1ccc(-c2nc(C3CC(=O)N(CC(C)c4ccccc4)C3)no2)cc1. The highest BCUT2D eigenvalue weighted by atomic mass is 16.5. The van der Waals surface area contributed by atoms with Crippen molar-refractivity contribution < 1.29 is 9.32 Å². The van der Waals surface area contributed by atoms with Crippen molar-refractivity contribution in [3.05, 3.63) is 71.5 Å². The first-order chi connectivity index (χ1) is 13.1. The van der Waals surface area contributed by atoms with E-state index < -0.39 is 0 Å². The van der Waals surface area contributed by atoms with E-state index in [9.17, 15) is 4.79 Å². The fraction of sp³-hybridized carbons (Fsp3) is 0.318. The first-order valence-electron chi connectivity index (χ1n) is 9.33. The molecule has 0 saturated carbocycles. The van der Waals surface area contributed by atoms with E-state index in [2.05, 4.69) is 29.2 Å². The molecule has 1 fully saturated rings. The van der Waals surface area contributed by atoms with Crippen LogP contribution in [0.4, 0.5) is 0 Å². The molecular weight excluding hydrogens is 338 g/mol. The molecule has 2 aromatic carbocycles. The molecule has 27 heavy (non-hydrogen) atoms. The van der Waals surface area contributed by atoms with Crippen molar-refractivity contribution in [2.24, 2.45) is 0 Å². The van der Waals surface area contributed by atoms with E-state index >= 15 is 0 Å². The van der Waals surface area contributed by atoms with Gasteiger partial charge in [-0.2, -0.15) is 4.98 Å². The van der Waals surface area contributed by atoms with E-state index in [0.717, 1.165) is 5.56 Å². The normalized spacial score (nSPS) is 18.1. The monoisotopic (exact) mass is 361 g/mol. The summed E-state index contributed by atoms with van der Waals surface area (Å²) in [4.78, 5) is 18.9. The number of carbonyl (C=O) groups is 1. The van der Waals surface area contributed by atoms with Crippen molar-refractivity contribution in [2.45, 2.75) is 32.1 Å². The molecule has 1 aromatic heterocycles. The smallest absolute Gasteiger partial charge is 0.257 e. The summed E-state index contributed by atoms with van der Waals surface area (Å²) >= 11 is 0. The zero-order chi connectivity index (χ0) is 18.8. The molecule has 0 radical (unpaired) electrons. The summed E-state index contributed by atoms with van der Waals surface area (Å²) < 4.78 is 5.43. The Labute approximate surface area is 159 Å². The summed E-state index contributed by atoms with van der Waals surface area (Å²) in [7, 11) is 0. The maximum atomic E-state index is 12.5. The third-order valence-corrected chi connectivity index (χ3v) is 5.18. The van der Waals surface area contributed by atoms with E-state index in [0.29, 0.717) is 37.1 Å². The van der Waals surface area contributed by atoms with Gasteiger partial charge in [-0.25, -0.2) is 0 Å². The second-order valence-electron chi connectivity index (χ2n) is 7.34. The van der Waals surface area contributed by atoms with Crippen molar-refractivity contribution in [2.75, 3.05) is 13.1 Å². The fourth-order valence-electron chi connectivity index (χ4n) is 3.55. The minimum Gasteiger partial charge on any atom is -0.341 e. The first kappa shape index (κ1) is 17.5. The molecule has 1 amide bonds. The highest BCUT2D eigenvalue weighted by Crippen LogP contribution is 2.30. The summed E-state index contributed by atoms with van der Waals surface area (Å²) in [6.45, 7) is 5.54. The molecule has 5 heteroatoms. The molecule has 3 aromatic rings. The highest BCUT2D eigenvalue weighted by molar-refractivity contribution is 5.79.